The van der Waals surface area contributed by atoms with Crippen LogP contribution in [0, 0.1) is 0 Å². The number of nitrogens with zero attached hydrogens (tertiary/aromatic N) is 3. The number of benzene rings is 2. The summed E-state index contributed by atoms with van der Waals surface area (Å²) in [6, 6.07) is 16.3. The number of piperidine rings is 1. The van der Waals surface area contributed by atoms with Crippen molar-refractivity contribution in [3.63, 3.8) is 0 Å². The van der Waals surface area contributed by atoms with Crippen LogP contribution in [0.5, 0.6) is 0 Å². The normalized spacial score (nSPS) is 21.2. The lowest BCUT2D eigenvalue weighted by Gasteiger charge is -2.37. The third kappa shape index (κ3) is 4.06. The van der Waals surface area contributed by atoms with Crippen molar-refractivity contribution in [3.05, 3.63) is 65.2 Å². The Kier molecular flexibility index (Phi) is 5.66. The van der Waals surface area contributed by atoms with Crippen molar-refractivity contribution in [2.24, 2.45) is 0 Å². The number of rotatable bonds is 3. The fourth-order valence-electron chi connectivity index (χ4n) is 5.28. The number of anilines is 1. The van der Waals surface area contributed by atoms with Crippen LogP contribution in [0.4, 0.5) is 5.69 Å². The molecule has 0 N–H and O–H groups in total. The van der Waals surface area contributed by atoms with Crippen LogP contribution in [0.2, 0.25) is 0 Å². The molecule has 2 amide bonds. The van der Waals surface area contributed by atoms with E-state index in [0.29, 0.717) is 12.1 Å². The minimum absolute atomic E-state index is 0.00668. The van der Waals surface area contributed by atoms with Gasteiger partial charge in [-0.1, -0.05) is 24.3 Å². The van der Waals surface area contributed by atoms with Gasteiger partial charge in [-0.3, -0.25) is 9.59 Å². The summed E-state index contributed by atoms with van der Waals surface area (Å²) in [5.74, 6) is 0.141. The number of amides is 2. The van der Waals surface area contributed by atoms with Crippen LogP contribution in [0.1, 0.15) is 53.6 Å². The average Bonchev–Trinajstić information content (AvgIpc) is 3.38. The van der Waals surface area contributed by atoms with Crippen molar-refractivity contribution < 1.29 is 9.59 Å². The molecule has 2 aromatic carbocycles. The predicted octanol–water partition coefficient (Wildman–Crippen LogP) is 3.87. The second kappa shape index (κ2) is 8.74. The molecule has 5 nitrogen and oxygen atoms in total. The monoisotopic (exact) mass is 417 g/mol. The number of carbonyl (C=O) groups is 2. The molecule has 2 saturated heterocycles. The highest BCUT2D eigenvalue weighted by atomic mass is 16.2. The fourth-order valence-corrected chi connectivity index (χ4v) is 5.28. The van der Waals surface area contributed by atoms with E-state index in [1.54, 1.807) is 0 Å². The van der Waals surface area contributed by atoms with Gasteiger partial charge in [-0.05, 0) is 73.9 Å². The minimum Gasteiger partial charge on any atom is -0.367 e. The molecule has 0 aliphatic carbocycles. The van der Waals surface area contributed by atoms with E-state index in [1.807, 2.05) is 21.9 Å². The van der Waals surface area contributed by atoms with Crippen LogP contribution in [0.25, 0.3) is 0 Å². The van der Waals surface area contributed by atoms with E-state index in [2.05, 4.69) is 41.3 Å². The summed E-state index contributed by atoms with van der Waals surface area (Å²) >= 11 is 0. The van der Waals surface area contributed by atoms with E-state index < -0.39 is 0 Å². The van der Waals surface area contributed by atoms with Gasteiger partial charge in [0.15, 0.2) is 0 Å². The van der Waals surface area contributed by atoms with Gasteiger partial charge in [0.05, 0.1) is 0 Å². The van der Waals surface area contributed by atoms with Gasteiger partial charge in [0.25, 0.3) is 5.91 Å². The molecule has 162 valence electrons. The maximum atomic E-state index is 13.3. The first-order chi connectivity index (χ1) is 15.2. The molecule has 1 unspecified atom stereocenters. The Morgan fingerprint density at radius 2 is 1.48 bits per heavy atom. The van der Waals surface area contributed by atoms with Crippen LogP contribution in [-0.4, -0.2) is 53.8 Å². The quantitative estimate of drug-likeness (QED) is 0.762. The molecule has 2 fully saturated rings. The highest BCUT2D eigenvalue weighted by Crippen LogP contribution is 2.27. The number of fused-ring (bicyclic) bond motifs is 1. The van der Waals surface area contributed by atoms with Gasteiger partial charge in [-0.25, -0.2) is 0 Å². The van der Waals surface area contributed by atoms with Crippen molar-refractivity contribution in [1.29, 1.82) is 0 Å². The Morgan fingerprint density at radius 3 is 2.26 bits per heavy atom. The molecule has 3 aliphatic rings. The highest BCUT2D eigenvalue weighted by molar-refractivity contribution is 5.98. The zero-order valence-electron chi connectivity index (χ0n) is 18.1. The second-order valence-corrected chi connectivity index (χ2v) is 9.03. The van der Waals surface area contributed by atoms with Gasteiger partial charge in [-0.15, -0.1) is 0 Å². The van der Waals surface area contributed by atoms with Gasteiger partial charge >= 0.3 is 0 Å². The van der Waals surface area contributed by atoms with E-state index >= 15 is 0 Å². The van der Waals surface area contributed by atoms with E-state index in [1.165, 1.54) is 11.1 Å². The molecule has 1 atom stereocenters. The minimum atomic E-state index is -0.294. The van der Waals surface area contributed by atoms with Crippen LogP contribution < -0.4 is 4.90 Å². The Balaban J connectivity index is 1.29. The molecule has 0 bridgehead atoms. The number of hydrogen-bond acceptors (Lipinski definition) is 3. The van der Waals surface area contributed by atoms with Crippen molar-refractivity contribution in [3.8, 4) is 0 Å². The first kappa shape index (κ1) is 20.1. The molecule has 0 aromatic heterocycles. The standard InChI is InChI=1S/C26H31N3O2/c30-25(29-17-4-3-9-24(29)26(31)27-15-5-6-16-27)21-10-12-23(13-11-21)28-18-14-20-7-1-2-8-22(20)19-28/h1-2,7-8,10-13,24H,3-6,9,14-19H2. The van der Waals surface area contributed by atoms with Crippen molar-refractivity contribution in [2.45, 2.75) is 51.1 Å². The molecule has 3 heterocycles. The summed E-state index contributed by atoms with van der Waals surface area (Å²) in [6.45, 7) is 4.24. The molecule has 0 radical (unpaired) electrons. The maximum Gasteiger partial charge on any atom is 0.254 e. The fraction of sp³-hybridized carbons (Fsp3) is 0.462. The van der Waals surface area contributed by atoms with Crippen molar-refractivity contribution in [1.82, 2.24) is 9.80 Å². The lowest BCUT2D eigenvalue weighted by atomic mass is 9.98. The smallest absolute Gasteiger partial charge is 0.254 e. The van der Waals surface area contributed by atoms with Gasteiger partial charge in [0.2, 0.25) is 5.91 Å². The molecular formula is C26H31N3O2. The molecule has 3 aliphatic heterocycles. The van der Waals surface area contributed by atoms with Crippen molar-refractivity contribution in [2.75, 3.05) is 31.1 Å². The Morgan fingerprint density at radius 1 is 0.774 bits per heavy atom. The number of carbonyl (C=O) groups excluding carboxylic acids is 2. The van der Waals surface area contributed by atoms with E-state index in [4.69, 9.17) is 0 Å². The third-order valence-electron chi connectivity index (χ3n) is 7.08. The predicted molar refractivity (Wildman–Crippen MR) is 122 cm³/mol. The van der Waals surface area contributed by atoms with E-state index in [9.17, 15) is 9.59 Å². The lowest BCUT2D eigenvalue weighted by molar-refractivity contribution is -0.136. The molecule has 0 spiro atoms. The largest absolute Gasteiger partial charge is 0.367 e. The summed E-state index contributed by atoms with van der Waals surface area (Å²) in [5.41, 5.74) is 4.64. The number of likely N-dealkylation sites (tertiary alicyclic amines) is 2. The summed E-state index contributed by atoms with van der Waals surface area (Å²) in [5, 5.41) is 0. The number of hydrogen-bond donors (Lipinski definition) is 0. The van der Waals surface area contributed by atoms with Gasteiger partial charge in [-0.2, -0.15) is 0 Å². The molecule has 5 rings (SSSR count). The van der Waals surface area contributed by atoms with Crippen LogP contribution >= 0.6 is 0 Å². The summed E-state index contributed by atoms with van der Waals surface area (Å²) in [4.78, 5) is 32.5. The summed E-state index contributed by atoms with van der Waals surface area (Å²) in [6.07, 6.45) is 5.98. The third-order valence-corrected chi connectivity index (χ3v) is 7.08. The van der Waals surface area contributed by atoms with Gasteiger partial charge in [0, 0.05) is 44.0 Å². The van der Waals surface area contributed by atoms with Crippen LogP contribution in [0.15, 0.2) is 48.5 Å². The molecule has 0 saturated carbocycles. The Bertz CT molecular complexity index is 949. The first-order valence-electron chi connectivity index (χ1n) is 11.7. The zero-order valence-corrected chi connectivity index (χ0v) is 18.1. The van der Waals surface area contributed by atoms with Crippen LogP contribution in [-0.2, 0) is 17.8 Å². The SMILES string of the molecule is O=C(C1CCCCN1C(=O)c1ccc(N2CCc3ccccc3C2)cc1)N1CCCC1. The average molecular weight is 418 g/mol. The van der Waals surface area contributed by atoms with Crippen molar-refractivity contribution >= 4 is 17.5 Å². The maximum absolute atomic E-state index is 13.3. The summed E-state index contributed by atoms with van der Waals surface area (Å²) in [7, 11) is 0. The Labute approximate surface area is 184 Å². The molecule has 5 heteroatoms. The van der Waals surface area contributed by atoms with Crippen LogP contribution in [0.3, 0.4) is 0 Å². The van der Waals surface area contributed by atoms with Gasteiger partial charge < -0.3 is 14.7 Å². The summed E-state index contributed by atoms with van der Waals surface area (Å²) < 4.78 is 0. The van der Waals surface area contributed by atoms with Gasteiger partial charge in [0.1, 0.15) is 6.04 Å². The molecule has 2 aromatic rings. The highest BCUT2D eigenvalue weighted by Gasteiger charge is 2.35. The Hall–Kier alpha value is -2.82. The zero-order chi connectivity index (χ0) is 21.2. The van der Waals surface area contributed by atoms with E-state index in [0.717, 1.165) is 70.4 Å². The topological polar surface area (TPSA) is 43.9 Å². The second-order valence-electron chi connectivity index (χ2n) is 9.03. The molecule has 31 heavy (non-hydrogen) atoms. The lowest BCUT2D eigenvalue weighted by Crippen LogP contribution is -2.52. The molecular weight excluding hydrogens is 386 g/mol. The first-order valence-corrected chi connectivity index (χ1v) is 11.7. The van der Waals surface area contributed by atoms with E-state index in [-0.39, 0.29) is 17.9 Å².